The van der Waals surface area contributed by atoms with Crippen LogP contribution in [0.5, 0.6) is 0 Å². The van der Waals surface area contributed by atoms with E-state index < -0.39 is 0 Å². The highest BCUT2D eigenvalue weighted by Crippen LogP contribution is 2.18. The van der Waals surface area contributed by atoms with E-state index in [4.69, 9.17) is 5.26 Å². The summed E-state index contributed by atoms with van der Waals surface area (Å²) in [7, 11) is 0. The van der Waals surface area contributed by atoms with Crippen molar-refractivity contribution in [2.75, 3.05) is 5.32 Å². The molecule has 0 saturated heterocycles. The van der Waals surface area contributed by atoms with Crippen molar-refractivity contribution in [2.45, 2.75) is 58.9 Å². The van der Waals surface area contributed by atoms with Crippen LogP contribution in [-0.4, -0.2) is 6.04 Å². The molecule has 19 heavy (non-hydrogen) atoms. The van der Waals surface area contributed by atoms with Crippen LogP contribution in [0.3, 0.4) is 0 Å². The van der Waals surface area contributed by atoms with Crippen LogP contribution in [0.1, 0.15) is 58.4 Å². The number of nitriles is 1. The smallest absolute Gasteiger partial charge is 0.0991 e. The lowest BCUT2D eigenvalue weighted by Crippen LogP contribution is -2.20. The summed E-state index contributed by atoms with van der Waals surface area (Å²) < 4.78 is 0. The number of benzene rings is 1. The second-order valence-electron chi connectivity index (χ2n) is 5.41. The molecule has 0 heterocycles. The van der Waals surface area contributed by atoms with Gasteiger partial charge in [-0.2, -0.15) is 5.26 Å². The molecule has 2 atom stereocenters. The largest absolute Gasteiger partial charge is 0.382 e. The zero-order valence-corrected chi connectivity index (χ0v) is 12.4. The van der Waals surface area contributed by atoms with E-state index >= 15 is 0 Å². The van der Waals surface area contributed by atoms with Gasteiger partial charge in [-0.15, -0.1) is 0 Å². The van der Waals surface area contributed by atoms with Gasteiger partial charge in [0, 0.05) is 11.7 Å². The van der Waals surface area contributed by atoms with Crippen LogP contribution in [0.2, 0.25) is 0 Å². The van der Waals surface area contributed by atoms with Gasteiger partial charge >= 0.3 is 0 Å². The van der Waals surface area contributed by atoms with Gasteiger partial charge in [0.25, 0.3) is 0 Å². The van der Waals surface area contributed by atoms with E-state index in [1.54, 1.807) is 0 Å². The van der Waals surface area contributed by atoms with Crippen LogP contribution < -0.4 is 5.32 Å². The maximum absolute atomic E-state index is 8.80. The standard InChI is InChI=1S/C17H26N2/c1-4-6-16(10-7-14(3)5-2)19-17-11-8-15(13-18)9-12-17/h8-9,11-12,14,16,19H,4-7,10H2,1-3H3. The molecule has 1 N–H and O–H groups in total. The van der Waals surface area contributed by atoms with E-state index in [9.17, 15) is 0 Å². The minimum absolute atomic E-state index is 0.548. The number of anilines is 1. The third-order valence-corrected chi connectivity index (χ3v) is 3.73. The molecule has 2 heteroatoms. The number of hydrogen-bond acceptors (Lipinski definition) is 2. The first kappa shape index (κ1) is 15.6. The molecule has 2 unspecified atom stereocenters. The summed E-state index contributed by atoms with van der Waals surface area (Å²) in [6.07, 6.45) is 6.17. The topological polar surface area (TPSA) is 35.8 Å². The van der Waals surface area contributed by atoms with Gasteiger partial charge in [0.1, 0.15) is 0 Å². The fourth-order valence-electron chi connectivity index (χ4n) is 2.20. The highest BCUT2D eigenvalue weighted by Gasteiger charge is 2.09. The Morgan fingerprint density at radius 2 is 1.79 bits per heavy atom. The zero-order chi connectivity index (χ0) is 14.1. The molecule has 1 aromatic carbocycles. The van der Waals surface area contributed by atoms with Crippen LogP contribution in [0.25, 0.3) is 0 Å². The molecular formula is C17H26N2. The molecule has 0 radical (unpaired) electrons. The van der Waals surface area contributed by atoms with Crippen LogP contribution >= 0.6 is 0 Å². The van der Waals surface area contributed by atoms with Crippen LogP contribution in [-0.2, 0) is 0 Å². The Hall–Kier alpha value is -1.49. The third kappa shape index (κ3) is 5.79. The normalized spacial score (nSPS) is 13.6. The Kier molecular flexibility index (Phi) is 7.03. The van der Waals surface area contributed by atoms with Gasteiger partial charge in [0.15, 0.2) is 0 Å². The van der Waals surface area contributed by atoms with Gasteiger partial charge in [-0.25, -0.2) is 0 Å². The molecule has 0 amide bonds. The van der Waals surface area contributed by atoms with Crippen molar-refractivity contribution in [2.24, 2.45) is 5.92 Å². The molecule has 0 spiro atoms. The molecule has 0 fully saturated rings. The minimum atomic E-state index is 0.548. The molecule has 0 saturated carbocycles. The van der Waals surface area contributed by atoms with Gasteiger partial charge in [-0.05, 0) is 49.4 Å². The Bertz CT molecular complexity index is 389. The summed E-state index contributed by atoms with van der Waals surface area (Å²) in [5.74, 6) is 0.808. The lowest BCUT2D eigenvalue weighted by atomic mass is 9.97. The molecule has 104 valence electrons. The van der Waals surface area contributed by atoms with Crippen molar-refractivity contribution < 1.29 is 0 Å². The summed E-state index contributed by atoms with van der Waals surface area (Å²) in [5.41, 5.74) is 1.85. The number of nitrogens with zero attached hydrogens (tertiary/aromatic N) is 1. The summed E-state index contributed by atoms with van der Waals surface area (Å²) in [4.78, 5) is 0. The molecule has 0 aliphatic carbocycles. The Balaban J connectivity index is 2.54. The van der Waals surface area contributed by atoms with E-state index in [-0.39, 0.29) is 0 Å². The van der Waals surface area contributed by atoms with Crippen LogP contribution in [0, 0.1) is 17.2 Å². The van der Waals surface area contributed by atoms with Gasteiger partial charge < -0.3 is 5.32 Å². The monoisotopic (exact) mass is 258 g/mol. The first-order valence-electron chi connectivity index (χ1n) is 7.46. The van der Waals surface area contributed by atoms with Crippen molar-refractivity contribution in [1.82, 2.24) is 0 Å². The molecule has 0 aliphatic heterocycles. The quantitative estimate of drug-likeness (QED) is 0.715. The Labute approximate surface area is 117 Å². The third-order valence-electron chi connectivity index (χ3n) is 3.73. The van der Waals surface area contributed by atoms with Crippen LogP contribution in [0.4, 0.5) is 5.69 Å². The van der Waals surface area contributed by atoms with Gasteiger partial charge in [0.2, 0.25) is 0 Å². The molecular weight excluding hydrogens is 232 g/mol. The molecule has 1 aromatic rings. The van der Waals surface area contributed by atoms with Crippen molar-refractivity contribution in [3.05, 3.63) is 29.8 Å². The van der Waals surface area contributed by atoms with E-state index in [1.807, 2.05) is 24.3 Å². The van der Waals surface area contributed by atoms with E-state index in [2.05, 4.69) is 32.2 Å². The highest BCUT2D eigenvalue weighted by atomic mass is 14.9. The van der Waals surface area contributed by atoms with Gasteiger partial charge in [-0.1, -0.05) is 33.6 Å². The lowest BCUT2D eigenvalue weighted by molar-refractivity contribution is 0.456. The van der Waals surface area contributed by atoms with Crippen molar-refractivity contribution in [1.29, 1.82) is 5.26 Å². The first-order chi connectivity index (χ1) is 9.19. The average Bonchev–Trinajstić information content (AvgIpc) is 2.45. The Morgan fingerprint density at radius 1 is 1.11 bits per heavy atom. The summed E-state index contributed by atoms with van der Waals surface area (Å²) >= 11 is 0. The van der Waals surface area contributed by atoms with Crippen LogP contribution in [0.15, 0.2) is 24.3 Å². The second-order valence-corrected chi connectivity index (χ2v) is 5.41. The first-order valence-corrected chi connectivity index (χ1v) is 7.46. The highest BCUT2D eigenvalue weighted by molar-refractivity contribution is 5.47. The number of nitrogens with one attached hydrogen (secondary N) is 1. The average molecular weight is 258 g/mol. The predicted molar refractivity (Wildman–Crippen MR) is 82.2 cm³/mol. The number of hydrogen-bond donors (Lipinski definition) is 1. The number of rotatable bonds is 8. The fourth-order valence-corrected chi connectivity index (χ4v) is 2.20. The summed E-state index contributed by atoms with van der Waals surface area (Å²) in [6.45, 7) is 6.81. The molecule has 0 aromatic heterocycles. The van der Waals surface area contributed by atoms with Crippen molar-refractivity contribution in [3.63, 3.8) is 0 Å². The second kappa shape index (κ2) is 8.58. The molecule has 1 rings (SSSR count). The molecule has 0 bridgehead atoms. The Morgan fingerprint density at radius 3 is 2.32 bits per heavy atom. The van der Waals surface area contributed by atoms with E-state index in [0.29, 0.717) is 6.04 Å². The summed E-state index contributed by atoms with van der Waals surface area (Å²) in [5, 5.41) is 12.4. The van der Waals surface area contributed by atoms with Gasteiger partial charge in [-0.3, -0.25) is 0 Å². The maximum atomic E-state index is 8.80. The van der Waals surface area contributed by atoms with Crippen molar-refractivity contribution in [3.8, 4) is 6.07 Å². The lowest BCUT2D eigenvalue weighted by Gasteiger charge is -2.21. The SMILES string of the molecule is CCCC(CCC(C)CC)Nc1ccc(C#N)cc1. The fraction of sp³-hybridized carbons (Fsp3) is 0.588. The zero-order valence-electron chi connectivity index (χ0n) is 12.4. The van der Waals surface area contributed by atoms with Gasteiger partial charge in [0.05, 0.1) is 11.6 Å². The predicted octanol–water partition coefficient (Wildman–Crippen LogP) is 4.97. The summed E-state index contributed by atoms with van der Waals surface area (Å²) in [6, 6.07) is 10.5. The minimum Gasteiger partial charge on any atom is -0.382 e. The molecule has 0 aliphatic rings. The van der Waals surface area contributed by atoms with E-state index in [0.717, 1.165) is 17.2 Å². The maximum Gasteiger partial charge on any atom is 0.0991 e. The van der Waals surface area contributed by atoms with Crippen molar-refractivity contribution >= 4 is 5.69 Å². The van der Waals surface area contributed by atoms with E-state index in [1.165, 1.54) is 32.1 Å². The molecule has 2 nitrogen and oxygen atoms in total.